The first-order valence-corrected chi connectivity index (χ1v) is 5.14. The van der Waals surface area contributed by atoms with Crippen molar-refractivity contribution in [3.8, 4) is 6.07 Å². The highest BCUT2D eigenvalue weighted by molar-refractivity contribution is 5.24. The molecule has 0 bridgehead atoms. The van der Waals surface area contributed by atoms with Crippen LogP contribution in [0.2, 0.25) is 0 Å². The lowest BCUT2D eigenvalue weighted by Gasteiger charge is -2.12. The Hall–Kier alpha value is -1.60. The van der Waals surface area contributed by atoms with Gasteiger partial charge in [0.25, 0.3) is 5.56 Å². The van der Waals surface area contributed by atoms with Crippen molar-refractivity contribution in [2.24, 2.45) is 0 Å². The van der Waals surface area contributed by atoms with E-state index < -0.39 is 0 Å². The van der Waals surface area contributed by atoms with E-state index >= 15 is 0 Å². The second-order valence-electron chi connectivity index (χ2n) is 3.78. The van der Waals surface area contributed by atoms with Crippen LogP contribution in [0, 0.1) is 11.3 Å². The fourth-order valence-electron chi connectivity index (χ4n) is 1.92. The molecule has 1 aliphatic rings. The Bertz CT molecular complexity index is 438. The van der Waals surface area contributed by atoms with Crippen molar-refractivity contribution in [2.45, 2.75) is 25.4 Å². The van der Waals surface area contributed by atoms with E-state index in [1.807, 2.05) is 6.07 Å². The SMILES string of the molecule is N#Cc1cccn(C[C@@H]2CCCN2)c1=O. The largest absolute Gasteiger partial charge is 0.313 e. The van der Waals surface area contributed by atoms with Crippen LogP contribution in [0.3, 0.4) is 0 Å². The molecule has 78 valence electrons. The highest BCUT2D eigenvalue weighted by Crippen LogP contribution is 2.06. The Morgan fingerprint density at radius 2 is 2.53 bits per heavy atom. The molecule has 1 aliphatic heterocycles. The zero-order chi connectivity index (χ0) is 10.7. The summed E-state index contributed by atoms with van der Waals surface area (Å²) < 4.78 is 1.61. The lowest BCUT2D eigenvalue weighted by Crippen LogP contribution is -2.32. The molecule has 1 aromatic heterocycles. The Kier molecular flexibility index (Phi) is 2.84. The summed E-state index contributed by atoms with van der Waals surface area (Å²) in [6.07, 6.45) is 4.00. The fourth-order valence-corrected chi connectivity index (χ4v) is 1.92. The van der Waals surface area contributed by atoms with Crippen LogP contribution in [0.1, 0.15) is 18.4 Å². The Balaban J connectivity index is 2.21. The molecule has 1 saturated heterocycles. The summed E-state index contributed by atoms with van der Waals surface area (Å²) in [4.78, 5) is 11.7. The second kappa shape index (κ2) is 4.28. The maximum Gasteiger partial charge on any atom is 0.268 e. The number of nitrogens with one attached hydrogen (secondary N) is 1. The lowest BCUT2D eigenvalue weighted by molar-refractivity contribution is 0.499. The van der Waals surface area contributed by atoms with Gasteiger partial charge in [-0.2, -0.15) is 5.26 Å². The zero-order valence-corrected chi connectivity index (χ0v) is 8.44. The van der Waals surface area contributed by atoms with Gasteiger partial charge < -0.3 is 9.88 Å². The van der Waals surface area contributed by atoms with E-state index in [9.17, 15) is 4.79 Å². The first-order valence-electron chi connectivity index (χ1n) is 5.14. The second-order valence-corrected chi connectivity index (χ2v) is 3.78. The highest BCUT2D eigenvalue weighted by Gasteiger charge is 2.15. The number of hydrogen-bond acceptors (Lipinski definition) is 3. The van der Waals surface area contributed by atoms with Gasteiger partial charge in [-0.3, -0.25) is 4.79 Å². The van der Waals surface area contributed by atoms with Crippen molar-refractivity contribution in [2.75, 3.05) is 6.54 Å². The van der Waals surface area contributed by atoms with Gasteiger partial charge in [-0.1, -0.05) is 0 Å². The minimum atomic E-state index is -0.186. The van der Waals surface area contributed by atoms with E-state index in [1.54, 1.807) is 22.9 Å². The van der Waals surface area contributed by atoms with E-state index in [0.29, 0.717) is 12.6 Å². The van der Waals surface area contributed by atoms with E-state index in [4.69, 9.17) is 5.26 Å². The molecule has 0 radical (unpaired) electrons. The summed E-state index contributed by atoms with van der Waals surface area (Å²) in [5, 5.41) is 12.1. The third-order valence-corrected chi connectivity index (χ3v) is 2.72. The first-order chi connectivity index (χ1) is 7.31. The number of rotatable bonds is 2. The van der Waals surface area contributed by atoms with Gasteiger partial charge in [-0.05, 0) is 31.5 Å². The number of pyridine rings is 1. The van der Waals surface area contributed by atoms with Crippen LogP contribution in [0.4, 0.5) is 0 Å². The van der Waals surface area contributed by atoms with Gasteiger partial charge in [0.2, 0.25) is 0 Å². The van der Waals surface area contributed by atoms with Crippen molar-refractivity contribution in [3.05, 3.63) is 34.2 Å². The molecule has 2 heterocycles. The molecular weight excluding hydrogens is 190 g/mol. The summed E-state index contributed by atoms with van der Waals surface area (Å²) >= 11 is 0. The molecule has 1 atom stereocenters. The minimum Gasteiger partial charge on any atom is -0.313 e. The summed E-state index contributed by atoms with van der Waals surface area (Å²) in [7, 11) is 0. The van der Waals surface area contributed by atoms with Crippen molar-refractivity contribution in [3.63, 3.8) is 0 Å². The molecule has 1 fully saturated rings. The van der Waals surface area contributed by atoms with Gasteiger partial charge in [0, 0.05) is 18.8 Å². The predicted molar refractivity (Wildman–Crippen MR) is 56.4 cm³/mol. The Labute approximate surface area is 88.1 Å². The van der Waals surface area contributed by atoms with Gasteiger partial charge in [0.1, 0.15) is 11.6 Å². The minimum absolute atomic E-state index is 0.186. The van der Waals surface area contributed by atoms with Crippen LogP contribution in [0.25, 0.3) is 0 Å². The molecule has 1 N–H and O–H groups in total. The van der Waals surface area contributed by atoms with Crippen molar-refractivity contribution in [1.29, 1.82) is 5.26 Å². The third-order valence-electron chi connectivity index (χ3n) is 2.72. The smallest absolute Gasteiger partial charge is 0.268 e. The van der Waals surface area contributed by atoms with Crippen molar-refractivity contribution < 1.29 is 0 Å². The Morgan fingerprint density at radius 3 is 3.20 bits per heavy atom. The first kappa shape index (κ1) is 9.94. The molecule has 4 nitrogen and oxygen atoms in total. The van der Waals surface area contributed by atoms with Crippen molar-refractivity contribution in [1.82, 2.24) is 9.88 Å². The molecule has 0 aromatic carbocycles. The molecule has 0 spiro atoms. The highest BCUT2D eigenvalue weighted by atomic mass is 16.1. The van der Waals surface area contributed by atoms with Crippen molar-refractivity contribution >= 4 is 0 Å². The Morgan fingerprint density at radius 1 is 1.67 bits per heavy atom. The standard InChI is InChI=1S/C11H13N3O/c12-7-9-3-2-6-14(11(9)15)8-10-4-1-5-13-10/h2-3,6,10,13H,1,4-5,8H2/t10-/m0/s1. The molecule has 4 heteroatoms. The summed E-state index contributed by atoms with van der Waals surface area (Å²) in [5.74, 6) is 0. The van der Waals surface area contributed by atoms with Gasteiger partial charge >= 0.3 is 0 Å². The van der Waals surface area contributed by atoms with Gasteiger partial charge in [0.05, 0.1) is 0 Å². The van der Waals surface area contributed by atoms with E-state index in [0.717, 1.165) is 19.4 Å². The van der Waals surface area contributed by atoms with Gasteiger partial charge in [-0.15, -0.1) is 0 Å². The number of hydrogen-bond donors (Lipinski definition) is 1. The molecule has 15 heavy (non-hydrogen) atoms. The summed E-state index contributed by atoms with van der Waals surface area (Å²) in [5.41, 5.74) is 0.0317. The summed E-state index contributed by atoms with van der Waals surface area (Å²) in [6, 6.07) is 5.58. The molecule has 0 unspecified atom stereocenters. The predicted octanol–water partition coefficient (Wildman–Crippen LogP) is 0.472. The molecule has 0 amide bonds. The van der Waals surface area contributed by atoms with Crippen LogP contribution in [-0.4, -0.2) is 17.2 Å². The van der Waals surface area contributed by atoms with Crippen LogP contribution >= 0.6 is 0 Å². The number of nitriles is 1. The average Bonchev–Trinajstić information content (AvgIpc) is 2.74. The third kappa shape index (κ3) is 2.08. The zero-order valence-electron chi connectivity index (χ0n) is 8.44. The molecule has 0 saturated carbocycles. The van der Waals surface area contributed by atoms with E-state index in [2.05, 4.69) is 5.32 Å². The van der Waals surface area contributed by atoms with Gasteiger partial charge in [0.15, 0.2) is 0 Å². The molecular formula is C11H13N3O. The fraction of sp³-hybridized carbons (Fsp3) is 0.455. The topological polar surface area (TPSA) is 57.8 Å². The maximum atomic E-state index is 11.7. The quantitative estimate of drug-likeness (QED) is 0.760. The maximum absolute atomic E-state index is 11.7. The van der Waals surface area contributed by atoms with Crippen LogP contribution in [0.15, 0.2) is 23.1 Å². The monoisotopic (exact) mass is 203 g/mol. The van der Waals surface area contributed by atoms with Crippen LogP contribution < -0.4 is 10.9 Å². The number of nitrogens with zero attached hydrogens (tertiary/aromatic N) is 2. The molecule has 1 aromatic rings. The lowest BCUT2D eigenvalue weighted by atomic mass is 10.2. The molecule has 0 aliphatic carbocycles. The summed E-state index contributed by atoms with van der Waals surface area (Å²) in [6.45, 7) is 1.69. The van der Waals surface area contributed by atoms with Crippen LogP contribution in [0.5, 0.6) is 0 Å². The van der Waals surface area contributed by atoms with Crippen LogP contribution in [-0.2, 0) is 6.54 Å². The van der Waals surface area contributed by atoms with E-state index in [-0.39, 0.29) is 11.1 Å². The number of aromatic nitrogens is 1. The van der Waals surface area contributed by atoms with Gasteiger partial charge in [-0.25, -0.2) is 0 Å². The normalized spacial score (nSPS) is 20.1. The van der Waals surface area contributed by atoms with E-state index in [1.165, 1.54) is 0 Å². The molecule has 2 rings (SSSR count). The average molecular weight is 203 g/mol.